The zero-order valence-electron chi connectivity index (χ0n) is 42.2. The number of allylic oxidation sites excluding steroid dienone is 16. The van der Waals surface area contributed by atoms with Crippen LogP contribution >= 0.6 is 0 Å². The molecule has 6 heteroatoms. The van der Waals surface area contributed by atoms with E-state index in [4.69, 9.17) is 14.2 Å². The number of unbranched alkanes of at least 4 members (excludes halogenated alkanes) is 20. The molecule has 0 aromatic carbocycles. The highest BCUT2D eigenvalue weighted by atomic mass is 16.6. The second kappa shape index (κ2) is 52.9. The third kappa shape index (κ3) is 51.2. The van der Waals surface area contributed by atoms with Crippen molar-refractivity contribution >= 4 is 17.9 Å². The topological polar surface area (TPSA) is 78.9 Å². The van der Waals surface area contributed by atoms with Crippen molar-refractivity contribution in [1.82, 2.24) is 0 Å². The van der Waals surface area contributed by atoms with E-state index in [9.17, 15) is 14.4 Å². The minimum Gasteiger partial charge on any atom is -0.462 e. The van der Waals surface area contributed by atoms with Gasteiger partial charge in [-0.3, -0.25) is 14.4 Å². The van der Waals surface area contributed by atoms with Crippen molar-refractivity contribution < 1.29 is 28.6 Å². The second-order valence-corrected chi connectivity index (χ2v) is 17.4. The van der Waals surface area contributed by atoms with Crippen molar-refractivity contribution in [3.63, 3.8) is 0 Å². The summed E-state index contributed by atoms with van der Waals surface area (Å²) in [5.74, 6) is -0.983. The Morgan fingerprint density at radius 2 is 0.554 bits per heavy atom. The molecule has 0 saturated heterocycles. The molecule has 6 nitrogen and oxygen atoms in total. The largest absolute Gasteiger partial charge is 0.462 e. The fourth-order valence-corrected chi connectivity index (χ4v) is 6.95. The van der Waals surface area contributed by atoms with Gasteiger partial charge in [0.1, 0.15) is 13.2 Å². The molecule has 1 atom stereocenters. The molecular weight excluding hydrogens is 805 g/mol. The molecule has 0 spiro atoms. The van der Waals surface area contributed by atoms with Gasteiger partial charge in [-0.15, -0.1) is 0 Å². The molecule has 0 aliphatic carbocycles. The van der Waals surface area contributed by atoms with Crippen LogP contribution in [0.5, 0.6) is 0 Å². The first-order valence-electron chi connectivity index (χ1n) is 26.7. The number of hydrogen-bond donors (Lipinski definition) is 0. The molecule has 370 valence electrons. The first-order valence-corrected chi connectivity index (χ1v) is 26.7. The molecule has 0 bridgehead atoms. The molecular formula is C59H98O6. The summed E-state index contributed by atoms with van der Waals surface area (Å²) in [5.41, 5.74) is 0. The first kappa shape index (κ1) is 61.3. The Hall–Kier alpha value is -3.67. The number of rotatable bonds is 47. The molecule has 0 amide bonds. The lowest BCUT2D eigenvalue weighted by molar-refractivity contribution is -0.167. The standard InChI is InChI=1S/C59H98O6/c1-4-7-10-13-16-19-22-25-28-29-32-34-37-40-43-46-49-52-58(61)64-55-56(65-59(62)53-50-47-44-41-38-35-31-27-24-21-18-15-12-9-6-3)54-63-57(60)51-48-45-42-39-36-33-30-26-23-20-17-14-11-8-5-2/h16-21,25-28,30-32,34,36,39,56H,4-15,22-24,29,33,35,37-38,40-55H2,1-3H3/b19-16-,20-17-,21-18-,28-25-,30-26-,31-27-,34-32-,39-36-/t56-/m0/s1. The minimum absolute atomic E-state index is 0.108. The van der Waals surface area contributed by atoms with Crippen LogP contribution in [0.25, 0.3) is 0 Å². The Morgan fingerprint density at radius 3 is 0.892 bits per heavy atom. The highest BCUT2D eigenvalue weighted by molar-refractivity contribution is 5.71. The molecule has 0 heterocycles. The van der Waals surface area contributed by atoms with Crippen LogP contribution in [-0.2, 0) is 28.6 Å². The van der Waals surface area contributed by atoms with Gasteiger partial charge in [-0.1, -0.05) is 189 Å². The SMILES string of the molecule is CCCCC/C=C\C/C=C\C/C=C\CCCCCCC(=O)OC[C@H](COC(=O)CCCC/C=C\C/C=C\C/C=C\CCCCC)OC(=O)CCCCCCC/C=C\C/C=C\CCCCC. The lowest BCUT2D eigenvalue weighted by atomic mass is 10.1. The molecule has 0 unspecified atom stereocenters. The highest BCUT2D eigenvalue weighted by Gasteiger charge is 2.19. The molecule has 0 aromatic rings. The summed E-state index contributed by atoms with van der Waals surface area (Å²) in [4.78, 5) is 38.0. The van der Waals surface area contributed by atoms with Crippen molar-refractivity contribution in [2.45, 2.75) is 245 Å². The van der Waals surface area contributed by atoms with Crippen molar-refractivity contribution in [3.8, 4) is 0 Å². The zero-order chi connectivity index (χ0) is 47.2. The van der Waals surface area contributed by atoms with Crippen LogP contribution in [0.15, 0.2) is 97.2 Å². The summed E-state index contributed by atoms with van der Waals surface area (Å²) in [6.45, 7) is 6.48. The third-order valence-electron chi connectivity index (χ3n) is 11.0. The Labute approximate surface area is 400 Å². The summed E-state index contributed by atoms with van der Waals surface area (Å²) in [6, 6.07) is 0. The summed E-state index contributed by atoms with van der Waals surface area (Å²) >= 11 is 0. The average Bonchev–Trinajstić information content (AvgIpc) is 3.30. The average molecular weight is 903 g/mol. The van der Waals surface area contributed by atoms with Gasteiger partial charge in [0.15, 0.2) is 6.10 Å². The molecule has 0 radical (unpaired) electrons. The van der Waals surface area contributed by atoms with Gasteiger partial charge >= 0.3 is 17.9 Å². The van der Waals surface area contributed by atoms with Crippen molar-refractivity contribution in [3.05, 3.63) is 97.2 Å². The van der Waals surface area contributed by atoms with E-state index in [1.165, 1.54) is 77.0 Å². The van der Waals surface area contributed by atoms with Crippen LogP contribution in [0.1, 0.15) is 239 Å². The smallest absolute Gasteiger partial charge is 0.306 e. The van der Waals surface area contributed by atoms with Gasteiger partial charge in [-0.05, 0) is 128 Å². The maximum absolute atomic E-state index is 12.8. The van der Waals surface area contributed by atoms with Crippen LogP contribution in [0.2, 0.25) is 0 Å². The van der Waals surface area contributed by atoms with Crippen molar-refractivity contribution in [2.24, 2.45) is 0 Å². The first-order chi connectivity index (χ1) is 32.0. The lowest BCUT2D eigenvalue weighted by Crippen LogP contribution is -2.30. The Bertz CT molecular complexity index is 1310. The molecule has 0 aliphatic rings. The molecule has 0 aromatic heterocycles. The fraction of sp³-hybridized carbons (Fsp3) is 0.678. The normalized spacial score (nSPS) is 12.8. The van der Waals surface area contributed by atoms with E-state index in [1.807, 2.05) is 0 Å². The van der Waals surface area contributed by atoms with Gasteiger partial charge in [0.05, 0.1) is 0 Å². The van der Waals surface area contributed by atoms with E-state index in [2.05, 4.69) is 118 Å². The van der Waals surface area contributed by atoms with Crippen molar-refractivity contribution in [2.75, 3.05) is 13.2 Å². The molecule has 0 fully saturated rings. The predicted molar refractivity (Wildman–Crippen MR) is 279 cm³/mol. The Balaban J connectivity index is 4.52. The predicted octanol–water partition coefficient (Wildman–Crippen LogP) is 17.8. The van der Waals surface area contributed by atoms with E-state index in [-0.39, 0.29) is 31.1 Å². The minimum atomic E-state index is -0.811. The number of carbonyl (C=O) groups is 3. The maximum Gasteiger partial charge on any atom is 0.306 e. The third-order valence-corrected chi connectivity index (χ3v) is 11.0. The monoisotopic (exact) mass is 903 g/mol. The highest BCUT2D eigenvalue weighted by Crippen LogP contribution is 2.12. The zero-order valence-corrected chi connectivity index (χ0v) is 42.2. The maximum atomic E-state index is 12.8. The summed E-state index contributed by atoms with van der Waals surface area (Å²) < 4.78 is 16.8. The van der Waals surface area contributed by atoms with Gasteiger partial charge in [-0.25, -0.2) is 0 Å². The molecule has 0 N–H and O–H groups in total. The fourth-order valence-electron chi connectivity index (χ4n) is 6.95. The van der Waals surface area contributed by atoms with Crippen LogP contribution in [-0.4, -0.2) is 37.2 Å². The Morgan fingerprint density at radius 1 is 0.308 bits per heavy atom. The number of esters is 3. The number of carbonyl (C=O) groups excluding carboxylic acids is 3. The van der Waals surface area contributed by atoms with Gasteiger partial charge in [0.2, 0.25) is 0 Å². The van der Waals surface area contributed by atoms with E-state index in [0.29, 0.717) is 19.3 Å². The van der Waals surface area contributed by atoms with Crippen LogP contribution in [0.3, 0.4) is 0 Å². The van der Waals surface area contributed by atoms with Crippen LogP contribution < -0.4 is 0 Å². The molecule has 0 saturated carbocycles. The number of hydrogen-bond acceptors (Lipinski definition) is 6. The molecule has 65 heavy (non-hydrogen) atoms. The van der Waals surface area contributed by atoms with E-state index in [0.717, 1.165) is 122 Å². The van der Waals surface area contributed by atoms with Gasteiger partial charge < -0.3 is 14.2 Å². The molecule has 0 aliphatic heterocycles. The van der Waals surface area contributed by atoms with Gasteiger partial charge in [0.25, 0.3) is 0 Å². The van der Waals surface area contributed by atoms with E-state index < -0.39 is 6.10 Å². The van der Waals surface area contributed by atoms with Crippen LogP contribution in [0.4, 0.5) is 0 Å². The van der Waals surface area contributed by atoms with Gasteiger partial charge in [0, 0.05) is 19.3 Å². The summed E-state index contributed by atoms with van der Waals surface area (Å²) in [6.07, 6.45) is 69.6. The Kier molecular flexibility index (Phi) is 50.0. The van der Waals surface area contributed by atoms with E-state index >= 15 is 0 Å². The van der Waals surface area contributed by atoms with Crippen LogP contribution in [0, 0.1) is 0 Å². The lowest BCUT2D eigenvalue weighted by Gasteiger charge is -2.18. The molecule has 0 rings (SSSR count). The van der Waals surface area contributed by atoms with Crippen molar-refractivity contribution in [1.29, 1.82) is 0 Å². The number of ether oxygens (including phenoxy) is 3. The van der Waals surface area contributed by atoms with E-state index in [1.54, 1.807) is 0 Å². The second-order valence-electron chi connectivity index (χ2n) is 17.4. The summed E-state index contributed by atoms with van der Waals surface area (Å²) in [7, 11) is 0. The van der Waals surface area contributed by atoms with Gasteiger partial charge in [-0.2, -0.15) is 0 Å². The summed E-state index contributed by atoms with van der Waals surface area (Å²) in [5, 5.41) is 0. The quantitative estimate of drug-likeness (QED) is 0.0262.